The third kappa shape index (κ3) is 1.91. The van der Waals surface area contributed by atoms with Gasteiger partial charge in [0.25, 0.3) is 0 Å². The second kappa shape index (κ2) is 4.21. The SMILES string of the molecule is Nc1snnc1CN1CCOc2ccccc21. The average molecular weight is 248 g/mol. The standard InChI is InChI=1S/C11H12N4OS/c12-11-8(13-14-17-11)7-15-5-6-16-10-4-2-1-3-9(10)15/h1-4H,5-7,12H2. The molecule has 0 bridgehead atoms. The van der Waals surface area contributed by atoms with Crippen molar-refractivity contribution in [1.82, 2.24) is 9.59 Å². The van der Waals surface area contributed by atoms with Gasteiger partial charge < -0.3 is 15.4 Å². The summed E-state index contributed by atoms with van der Waals surface area (Å²) in [4.78, 5) is 2.21. The molecule has 0 radical (unpaired) electrons. The topological polar surface area (TPSA) is 64.3 Å². The highest BCUT2D eigenvalue weighted by Crippen LogP contribution is 2.32. The fourth-order valence-corrected chi connectivity index (χ4v) is 2.34. The molecule has 6 heteroatoms. The number of hydrogen-bond donors (Lipinski definition) is 1. The predicted molar refractivity (Wildman–Crippen MR) is 67.3 cm³/mol. The molecule has 0 unspecified atom stereocenters. The molecule has 0 saturated heterocycles. The molecule has 0 fully saturated rings. The van der Waals surface area contributed by atoms with Gasteiger partial charge in [-0.3, -0.25) is 0 Å². The van der Waals surface area contributed by atoms with Crippen LogP contribution in [0, 0.1) is 0 Å². The Morgan fingerprint density at radius 3 is 3.12 bits per heavy atom. The monoisotopic (exact) mass is 248 g/mol. The zero-order valence-corrected chi connectivity index (χ0v) is 9.98. The summed E-state index contributed by atoms with van der Waals surface area (Å²) in [6.07, 6.45) is 0. The Morgan fingerprint density at radius 1 is 1.41 bits per heavy atom. The van der Waals surface area contributed by atoms with Crippen molar-refractivity contribution < 1.29 is 4.74 Å². The summed E-state index contributed by atoms with van der Waals surface area (Å²) in [6.45, 7) is 2.21. The first-order chi connectivity index (χ1) is 8.34. The van der Waals surface area contributed by atoms with Gasteiger partial charge in [0.15, 0.2) is 0 Å². The lowest BCUT2D eigenvalue weighted by atomic mass is 10.2. The summed E-state index contributed by atoms with van der Waals surface area (Å²) < 4.78 is 9.45. The highest BCUT2D eigenvalue weighted by atomic mass is 32.1. The van der Waals surface area contributed by atoms with Crippen molar-refractivity contribution in [1.29, 1.82) is 0 Å². The number of hydrogen-bond acceptors (Lipinski definition) is 6. The fourth-order valence-electron chi connectivity index (χ4n) is 1.90. The van der Waals surface area contributed by atoms with Gasteiger partial charge >= 0.3 is 0 Å². The highest BCUT2D eigenvalue weighted by Gasteiger charge is 2.19. The van der Waals surface area contributed by atoms with Crippen LogP contribution >= 0.6 is 11.5 Å². The number of nitrogen functional groups attached to an aromatic ring is 1. The Balaban J connectivity index is 1.88. The summed E-state index contributed by atoms with van der Waals surface area (Å²) in [5, 5.41) is 4.73. The van der Waals surface area contributed by atoms with Gasteiger partial charge in [0, 0.05) is 11.5 Å². The van der Waals surface area contributed by atoms with E-state index in [0.717, 1.165) is 23.7 Å². The molecule has 0 amide bonds. The molecule has 2 heterocycles. The van der Waals surface area contributed by atoms with Crippen LogP contribution in [0.3, 0.4) is 0 Å². The summed E-state index contributed by atoms with van der Waals surface area (Å²) in [5.41, 5.74) is 7.74. The molecular formula is C11H12N4OS. The number of fused-ring (bicyclic) bond motifs is 1. The minimum absolute atomic E-state index is 0.683. The quantitative estimate of drug-likeness (QED) is 0.873. The maximum Gasteiger partial charge on any atom is 0.142 e. The Labute approximate surface area is 103 Å². The van der Waals surface area contributed by atoms with Crippen LogP contribution in [-0.4, -0.2) is 22.7 Å². The van der Waals surface area contributed by atoms with E-state index in [4.69, 9.17) is 10.5 Å². The molecule has 2 aromatic rings. The first-order valence-corrected chi connectivity index (χ1v) is 6.15. The van der Waals surface area contributed by atoms with Gasteiger partial charge in [0.1, 0.15) is 23.1 Å². The second-order valence-electron chi connectivity index (χ2n) is 3.82. The number of anilines is 2. The average Bonchev–Trinajstić information content (AvgIpc) is 2.76. The van der Waals surface area contributed by atoms with E-state index in [2.05, 4.69) is 14.5 Å². The van der Waals surface area contributed by atoms with Crippen LogP contribution in [0.1, 0.15) is 5.69 Å². The van der Waals surface area contributed by atoms with Crippen molar-refractivity contribution in [2.45, 2.75) is 6.54 Å². The molecule has 2 N–H and O–H groups in total. The predicted octanol–water partition coefficient (Wildman–Crippen LogP) is 1.52. The molecule has 0 saturated carbocycles. The lowest BCUT2D eigenvalue weighted by Crippen LogP contribution is -2.32. The van der Waals surface area contributed by atoms with E-state index in [-0.39, 0.29) is 0 Å². The van der Waals surface area contributed by atoms with Crippen LogP contribution in [0.25, 0.3) is 0 Å². The summed E-state index contributed by atoms with van der Waals surface area (Å²) in [7, 11) is 0. The number of rotatable bonds is 2. The minimum atomic E-state index is 0.683. The van der Waals surface area contributed by atoms with Gasteiger partial charge in [0.05, 0.1) is 18.8 Å². The van der Waals surface area contributed by atoms with Gasteiger partial charge in [-0.25, -0.2) is 0 Å². The third-order valence-electron chi connectivity index (χ3n) is 2.75. The molecule has 0 spiro atoms. The molecule has 88 valence electrons. The van der Waals surface area contributed by atoms with Crippen LogP contribution < -0.4 is 15.4 Å². The first-order valence-electron chi connectivity index (χ1n) is 5.38. The van der Waals surface area contributed by atoms with Crippen LogP contribution in [-0.2, 0) is 6.54 Å². The van der Waals surface area contributed by atoms with Gasteiger partial charge in [0.2, 0.25) is 0 Å². The van der Waals surface area contributed by atoms with Crippen molar-refractivity contribution in [3.05, 3.63) is 30.0 Å². The van der Waals surface area contributed by atoms with Crippen molar-refractivity contribution in [2.75, 3.05) is 23.8 Å². The number of nitrogens with two attached hydrogens (primary N) is 1. The number of benzene rings is 1. The van der Waals surface area contributed by atoms with E-state index in [9.17, 15) is 0 Å². The Morgan fingerprint density at radius 2 is 2.29 bits per heavy atom. The zero-order chi connectivity index (χ0) is 11.7. The van der Waals surface area contributed by atoms with Crippen LogP contribution in [0.2, 0.25) is 0 Å². The smallest absolute Gasteiger partial charge is 0.142 e. The summed E-state index contributed by atoms with van der Waals surface area (Å²) in [5.74, 6) is 0.917. The molecule has 0 aliphatic carbocycles. The van der Waals surface area contributed by atoms with Crippen LogP contribution in [0.4, 0.5) is 10.7 Å². The van der Waals surface area contributed by atoms with Gasteiger partial charge in [-0.2, -0.15) is 0 Å². The fraction of sp³-hybridized carbons (Fsp3) is 0.273. The number of para-hydroxylation sites is 2. The van der Waals surface area contributed by atoms with Crippen molar-refractivity contribution in [3.8, 4) is 5.75 Å². The molecule has 17 heavy (non-hydrogen) atoms. The normalized spacial score (nSPS) is 14.2. The molecular weight excluding hydrogens is 236 g/mol. The zero-order valence-electron chi connectivity index (χ0n) is 9.17. The van der Waals surface area contributed by atoms with Gasteiger partial charge in [-0.1, -0.05) is 16.6 Å². The minimum Gasteiger partial charge on any atom is -0.490 e. The molecule has 1 aromatic heterocycles. The van der Waals surface area contributed by atoms with E-state index < -0.39 is 0 Å². The van der Waals surface area contributed by atoms with E-state index in [1.54, 1.807) is 0 Å². The van der Waals surface area contributed by atoms with Gasteiger partial charge in [-0.05, 0) is 12.1 Å². The van der Waals surface area contributed by atoms with Crippen LogP contribution in [0.15, 0.2) is 24.3 Å². The summed E-state index contributed by atoms with van der Waals surface area (Å²) in [6, 6.07) is 8.00. The van der Waals surface area contributed by atoms with E-state index in [0.29, 0.717) is 18.2 Å². The second-order valence-corrected chi connectivity index (χ2v) is 4.61. The van der Waals surface area contributed by atoms with Gasteiger partial charge in [-0.15, -0.1) is 5.10 Å². The lowest BCUT2D eigenvalue weighted by molar-refractivity contribution is 0.306. The Bertz CT molecular complexity index is 528. The molecule has 1 aliphatic heterocycles. The number of ether oxygens (including phenoxy) is 1. The van der Waals surface area contributed by atoms with E-state index in [1.807, 2.05) is 24.3 Å². The largest absolute Gasteiger partial charge is 0.490 e. The first kappa shape index (κ1) is 10.3. The maximum atomic E-state index is 5.81. The summed E-state index contributed by atoms with van der Waals surface area (Å²) >= 11 is 1.23. The van der Waals surface area contributed by atoms with Crippen molar-refractivity contribution >= 4 is 22.2 Å². The third-order valence-corrected chi connectivity index (χ3v) is 3.35. The van der Waals surface area contributed by atoms with E-state index >= 15 is 0 Å². The highest BCUT2D eigenvalue weighted by molar-refractivity contribution is 7.09. The molecule has 5 nitrogen and oxygen atoms in total. The number of aromatic nitrogens is 2. The molecule has 0 atom stereocenters. The Hall–Kier alpha value is -1.82. The van der Waals surface area contributed by atoms with Crippen molar-refractivity contribution in [3.63, 3.8) is 0 Å². The molecule has 1 aromatic carbocycles. The maximum absolute atomic E-state index is 5.81. The number of nitrogens with zero attached hydrogens (tertiary/aromatic N) is 3. The van der Waals surface area contributed by atoms with E-state index in [1.165, 1.54) is 11.5 Å². The van der Waals surface area contributed by atoms with Crippen molar-refractivity contribution in [2.24, 2.45) is 0 Å². The molecule has 3 rings (SSSR count). The Kier molecular flexibility index (Phi) is 2.56. The lowest BCUT2D eigenvalue weighted by Gasteiger charge is -2.30. The molecule has 1 aliphatic rings. The van der Waals surface area contributed by atoms with Crippen LogP contribution in [0.5, 0.6) is 5.75 Å².